The summed E-state index contributed by atoms with van der Waals surface area (Å²) in [5.74, 6) is -0.235. The lowest BCUT2D eigenvalue weighted by Gasteiger charge is -2.14. The highest BCUT2D eigenvalue weighted by Gasteiger charge is 2.20. The molecule has 102 valence electrons. The summed E-state index contributed by atoms with van der Waals surface area (Å²) in [6.45, 7) is 7.60. The fourth-order valence-corrected chi connectivity index (χ4v) is 2.25. The summed E-state index contributed by atoms with van der Waals surface area (Å²) in [4.78, 5) is 12.1. The van der Waals surface area contributed by atoms with Gasteiger partial charge in [0.2, 0.25) is 0 Å². The van der Waals surface area contributed by atoms with Crippen LogP contribution in [0.25, 0.3) is 0 Å². The summed E-state index contributed by atoms with van der Waals surface area (Å²) in [6, 6.07) is -0.128. The van der Waals surface area contributed by atoms with Crippen molar-refractivity contribution in [1.29, 1.82) is 0 Å². The van der Waals surface area contributed by atoms with Crippen LogP contribution >= 0.6 is 0 Å². The van der Waals surface area contributed by atoms with Crippen LogP contribution in [-0.4, -0.2) is 31.1 Å². The van der Waals surface area contributed by atoms with Crippen molar-refractivity contribution in [2.75, 3.05) is 0 Å². The second kappa shape index (κ2) is 4.83. The SMILES string of the molecule is Cc1n[nH]nc1C(=O)N[C@H](C)c1c(C)nn(C)c1C. The number of carbonyl (C=O) groups excluding carboxylic acids is 1. The number of rotatable bonds is 3. The fraction of sp³-hybridized carbons (Fsp3) is 0.500. The molecule has 2 heterocycles. The van der Waals surface area contributed by atoms with E-state index in [2.05, 4.69) is 25.8 Å². The number of aryl methyl sites for hydroxylation is 3. The van der Waals surface area contributed by atoms with Gasteiger partial charge in [0.25, 0.3) is 5.91 Å². The Hall–Kier alpha value is -2.18. The third-order valence-electron chi connectivity index (χ3n) is 3.28. The van der Waals surface area contributed by atoms with Gasteiger partial charge in [-0.05, 0) is 27.7 Å². The lowest BCUT2D eigenvalue weighted by Crippen LogP contribution is -2.28. The molecule has 0 fully saturated rings. The Balaban J connectivity index is 2.20. The van der Waals surface area contributed by atoms with E-state index in [1.165, 1.54) is 0 Å². The Morgan fingerprint density at radius 1 is 1.26 bits per heavy atom. The molecule has 2 aromatic heterocycles. The van der Waals surface area contributed by atoms with Crippen molar-refractivity contribution in [3.63, 3.8) is 0 Å². The third kappa shape index (κ3) is 2.35. The smallest absolute Gasteiger partial charge is 0.274 e. The predicted octanol–water partition coefficient (Wildman–Crippen LogP) is 0.954. The number of nitrogens with one attached hydrogen (secondary N) is 2. The molecule has 0 saturated carbocycles. The van der Waals surface area contributed by atoms with Crippen molar-refractivity contribution in [3.05, 3.63) is 28.3 Å². The van der Waals surface area contributed by atoms with E-state index < -0.39 is 0 Å². The minimum absolute atomic E-state index is 0.128. The van der Waals surface area contributed by atoms with Gasteiger partial charge in [0.1, 0.15) is 0 Å². The first-order valence-corrected chi connectivity index (χ1v) is 6.10. The maximum atomic E-state index is 12.1. The highest BCUT2D eigenvalue weighted by molar-refractivity contribution is 5.93. The van der Waals surface area contributed by atoms with Crippen LogP contribution in [0.5, 0.6) is 0 Å². The summed E-state index contributed by atoms with van der Waals surface area (Å²) in [5, 5.41) is 17.4. The van der Waals surface area contributed by atoms with Gasteiger partial charge in [0.15, 0.2) is 5.69 Å². The van der Waals surface area contributed by atoms with E-state index in [4.69, 9.17) is 0 Å². The normalized spacial score (nSPS) is 12.5. The molecule has 0 spiro atoms. The fourth-order valence-electron chi connectivity index (χ4n) is 2.25. The van der Waals surface area contributed by atoms with Crippen LogP contribution in [0.3, 0.4) is 0 Å². The first-order valence-electron chi connectivity index (χ1n) is 6.10. The molecule has 19 heavy (non-hydrogen) atoms. The van der Waals surface area contributed by atoms with Crippen LogP contribution in [0.4, 0.5) is 0 Å². The van der Waals surface area contributed by atoms with Crippen molar-refractivity contribution in [1.82, 2.24) is 30.5 Å². The monoisotopic (exact) mass is 262 g/mol. The summed E-state index contributed by atoms with van der Waals surface area (Å²) in [6.07, 6.45) is 0. The maximum Gasteiger partial charge on any atom is 0.274 e. The Kier molecular flexibility index (Phi) is 3.37. The Morgan fingerprint density at radius 3 is 2.42 bits per heavy atom. The first-order chi connectivity index (χ1) is 8.91. The highest BCUT2D eigenvalue weighted by Crippen LogP contribution is 2.20. The zero-order valence-corrected chi connectivity index (χ0v) is 11.8. The maximum absolute atomic E-state index is 12.1. The number of H-pyrrole nitrogens is 1. The molecule has 7 nitrogen and oxygen atoms in total. The van der Waals surface area contributed by atoms with Crippen molar-refractivity contribution < 1.29 is 4.79 Å². The molecule has 0 unspecified atom stereocenters. The quantitative estimate of drug-likeness (QED) is 0.862. The molecule has 0 aliphatic heterocycles. The molecule has 0 bridgehead atoms. The lowest BCUT2D eigenvalue weighted by molar-refractivity contribution is 0.0934. The summed E-state index contributed by atoms with van der Waals surface area (Å²) >= 11 is 0. The van der Waals surface area contributed by atoms with Crippen molar-refractivity contribution in [2.24, 2.45) is 7.05 Å². The average Bonchev–Trinajstić information content (AvgIpc) is 2.84. The molecular weight excluding hydrogens is 244 g/mol. The van der Waals surface area contributed by atoms with Gasteiger partial charge in [-0.3, -0.25) is 9.48 Å². The van der Waals surface area contributed by atoms with Crippen LogP contribution < -0.4 is 5.32 Å². The Bertz CT molecular complexity index is 612. The molecule has 1 amide bonds. The standard InChI is InChI=1S/C12H18N6O/c1-6(10-7(2)16-18(5)9(10)4)13-12(19)11-8(3)14-17-15-11/h6H,1-5H3,(H,13,19)(H,14,15,17)/t6-/m1/s1. The van der Waals surface area contributed by atoms with E-state index in [1.807, 2.05) is 32.5 Å². The second-order valence-corrected chi connectivity index (χ2v) is 4.66. The van der Waals surface area contributed by atoms with E-state index >= 15 is 0 Å². The molecule has 1 atom stereocenters. The Morgan fingerprint density at radius 2 is 1.95 bits per heavy atom. The zero-order chi connectivity index (χ0) is 14.2. The number of aromatic nitrogens is 5. The van der Waals surface area contributed by atoms with Crippen LogP contribution in [0.2, 0.25) is 0 Å². The first kappa shape index (κ1) is 13.3. The van der Waals surface area contributed by atoms with E-state index in [1.54, 1.807) is 6.92 Å². The average molecular weight is 262 g/mol. The van der Waals surface area contributed by atoms with E-state index in [0.29, 0.717) is 11.4 Å². The van der Waals surface area contributed by atoms with Gasteiger partial charge in [-0.2, -0.15) is 20.5 Å². The van der Waals surface area contributed by atoms with Gasteiger partial charge in [-0.25, -0.2) is 0 Å². The summed E-state index contributed by atoms with van der Waals surface area (Å²) in [7, 11) is 1.89. The third-order valence-corrected chi connectivity index (χ3v) is 3.28. The minimum Gasteiger partial charge on any atom is -0.344 e. The van der Waals surface area contributed by atoms with Crippen molar-refractivity contribution >= 4 is 5.91 Å². The zero-order valence-electron chi connectivity index (χ0n) is 11.8. The molecule has 0 aromatic carbocycles. The van der Waals surface area contributed by atoms with Crippen molar-refractivity contribution in [3.8, 4) is 0 Å². The molecule has 2 N–H and O–H groups in total. The van der Waals surface area contributed by atoms with Gasteiger partial charge in [-0.1, -0.05) is 0 Å². The number of aromatic amines is 1. The topological polar surface area (TPSA) is 88.5 Å². The van der Waals surface area contributed by atoms with Crippen LogP contribution in [0, 0.1) is 20.8 Å². The molecule has 7 heteroatoms. The van der Waals surface area contributed by atoms with E-state index in [-0.39, 0.29) is 11.9 Å². The second-order valence-electron chi connectivity index (χ2n) is 4.66. The van der Waals surface area contributed by atoms with Gasteiger partial charge in [-0.15, -0.1) is 0 Å². The molecular formula is C12H18N6O. The van der Waals surface area contributed by atoms with Crippen LogP contribution in [0.1, 0.15) is 46.1 Å². The van der Waals surface area contributed by atoms with Gasteiger partial charge in [0.05, 0.1) is 17.4 Å². The van der Waals surface area contributed by atoms with Gasteiger partial charge < -0.3 is 5.32 Å². The van der Waals surface area contributed by atoms with E-state index in [9.17, 15) is 4.79 Å². The van der Waals surface area contributed by atoms with Crippen LogP contribution in [-0.2, 0) is 7.05 Å². The molecule has 0 aliphatic carbocycles. The number of hydrogen-bond donors (Lipinski definition) is 2. The molecule has 0 saturated heterocycles. The summed E-state index contributed by atoms with van der Waals surface area (Å²) < 4.78 is 1.81. The van der Waals surface area contributed by atoms with Crippen LogP contribution in [0.15, 0.2) is 0 Å². The van der Waals surface area contributed by atoms with Gasteiger partial charge in [0, 0.05) is 18.3 Å². The molecule has 0 aliphatic rings. The number of nitrogens with zero attached hydrogens (tertiary/aromatic N) is 4. The number of hydrogen-bond acceptors (Lipinski definition) is 4. The van der Waals surface area contributed by atoms with Crippen molar-refractivity contribution in [2.45, 2.75) is 33.7 Å². The molecule has 2 rings (SSSR count). The lowest BCUT2D eigenvalue weighted by atomic mass is 10.1. The summed E-state index contributed by atoms with van der Waals surface area (Å²) in [5.41, 5.74) is 3.92. The molecule has 0 radical (unpaired) electrons. The number of amides is 1. The predicted molar refractivity (Wildman–Crippen MR) is 69.7 cm³/mol. The van der Waals surface area contributed by atoms with Gasteiger partial charge >= 0.3 is 0 Å². The minimum atomic E-state index is -0.235. The number of carbonyl (C=O) groups is 1. The highest BCUT2D eigenvalue weighted by atomic mass is 16.2. The Labute approximate surface area is 111 Å². The van der Waals surface area contributed by atoms with E-state index in [0.717, 1.165) is 17.0 Å². The largest absolute Gasteiger partial charge is 0.344 e. The molecule has 2 aromatic rings.